The largest absolute Gasteiger partial charge is 0.481 e. The Bertz CT molecular complexity index is 562. The molecule has 4 nitrogen and oxygen atoms in total. The molecule has 3 N–H and O–H groups in total. The number of primary amides is 1. The molecule has 9 heteroatoms. The van der Waals surface area contributed by atoms with Crippen molar-refractivity contribution >= 4 is 23.5 Å². The molecule has 0 aliphatic rings. The lowest BCUT2D eigenvalue weighted by Gasteiger charge is -2.26. The molecule has 0 fully saturated rings. The van der Waals surface area contributed by atoms with Crippen LogP contribution in [0.5, 0.6) is 0 Å². The summed E-state index contributed by atoms with van der Waals surface area (Å²) in [5, 5.41) is 8.51. The highest BCUT2D eigenvalue weighted by molar-refractivity contribution is 6.30. The maximum atomic E-state index is 13.8. The topological polar surface area (TPSA) is 80.4 Å². The summed E-state index contributed by atoms with van der Waals surface area (Å²) in [6, 6.07) is 3.06. The fraction of sp³-hybridized carbons (Fsp3) is 0.333. The Labute approximate surface area is 121 Å². The third-order valence-corrected chi connectivity index (χ3v) is 3.12. The standard InChI is InChI=1S/C12H10ClF4NO3/c13-7-3-1-2-5(10(7)14)9(11(20)21)6(4-8(18)19)12(15,16)17/h1-3,6,9H,4H2,(H2,18,19)(H,20,21). The van der Waals surface area contributed by atoms with E-state index in [1.807, 2.05) is 0 Å². The minimum absolute atomic E-state index is 0.515. The quantitative estimate of drug-likeness (QED) is 0.816. The molecular weight excluding hydrogens is 318 g/mol. The molecule has 2 atom stereocenters. The Hall–Kier alpha value is -1.83. The van der Waals surface area contributed by atoms with Crippen LogP contribution >= 0.6 is 11.6 Å². The lowest BCUT2D eigenvalue weighted by Crippen LogP contribution is -2.37. The molecule has 0 saturated carbocycles. The van der Waals surface area contributed by atoms with Gasteiger partial charge < -0.3 is 10.8 Å². The highest BCUT2D eigenvalue weighted by Crippen LogP contribution is 2.41. The van der Waals surface area contributed by atoms with Crippen molar-refractivity contribution in [2.24, 2.45) is 11.7 Å². The number of carbonyl (C=O) groups is 2. The summed E-state index contributed by atoms with van der Waals surface area (Å²) >= 11 is 5.45. The molecule has 0 saturated heterocycles. The first-order valence-corrected chi connectivity index (χ1v) is 5.95. The molecule has 116 valence electrons. The molecule has 2 unspecified atom stereocenters. The number of hydrogen-bond donors (Lipinski definition) is 2. The summed E-state index contributed by atoms with van der Waals surface area (Å²) in [6.45, 7) is 0. The number of halogens is 5. The summed E-state index contributed by atoms with van der Waals surface area (Å²) in [4.78, 5) is 21.9. The number of rotatable bonds is 5. The first-order chi connectivity index (χ1) is 9.55. The van der Waals surface area contributed by atoms with E-state index in [0.29, 0.717) is 0 Å². The zero-order valence-corrected chi connectivity index (χ0v) is 11.1. The van der Waals surface area contributed by atoms with Crippen molar-refractivity contribution in [1.29, 1.82) is 0 Å². The van der Waals surface area contributed by atoms with E-state index in [2.05, 4.69) is 0 Å². The minimum atomic E-state index is -5.05. The fourth-order valence-corrected chi connectivity index (χ4v) is 2.10. The van der Waals surface area contributed by atoms with Gasteiger partial charge in [-0.05, 0) is 6.07 Å². The molecule has 0 bridgehead atoms. The fourth-order valence-electron chi connectivity index (χ4n) is 1.92. The summed E-state index contributed by atoms with van der Waals surface area (Å²) in [6.07, 6.45) is -6.32. The van der Waals surface area contributed by atoms with Gasteiger partial charge in [0.05, 0.1) is 16.9 Å². The van der Waals surface area contributed by atoms with Gasteiger partial charge in [-0.1, -0.05) is 23.7 Å². The average Bonchev–Trinajstić information content (AvgIpc) is 2.31. The minimum Gasteiger partial charge on any atom is -0.481 e. The molecular formula is C12H10ClF4NO3. The highest BCUT2D eigenvalue weighted by atomic mass is 35.5. The highest BCUT2D eigenvalue weighted by Gasteiger charge is 2.49. The van der Waals surface area contributed by atoms with Crippen LogP contribution in [0.4, 0.5) is 17.6 Å². The third-order valence-electron chi connectivity index (χ3n) is 2.83. The van der Waals surface area contributed by atoms with Crippen molar-refractivity contribution in [3.63, 3.8) is 0 Å². The summed E-state index contributed by atoms with van der Waals surface area (Å²) in [5.41, 5.74) is 3.97. The summed E-state index contributed by atoms with van der Waals surface area (Å²) in [5.74, 6) is -9.52. The van der Waals surface area contributed by atoms with Gasteiger partial charge in [0, 0.05) is 12.0 Å². The number of carboxylic acids is 1. The van der Waals surface area contributed by atoms with Crippen LogP contribution in [0.1, 0.15) is 17.9 Å². The van der Waals surface area contributed by atoms with Gasteiger partial charge in [-0.3, -0.25) is 9.59 Å². The van der Waals surface area contributed by atoms with E-state index in [9.17, 15) is 27.2 Å². The van der Waals surface area contributed by atoms with Crippen LogP contribution in [0, 0.1) is 11.7 Å². The van der Waals surface area contributed by atoms with Crippen LogP contribution in [-0.2, 0) is 9.59 Å². The lowest BCUT2D eigenvalue weighted by molar-refractivity contribution is -0.190. The number of amides is 1. The number of alkyl halides is 3. The predicted octanol–water partition coefficient (Wildman–Crippen LogP) is 2.70. The van der Waals surface area contributed by atoms with Crippen LogP contribution in [0.2, 0.25) is 5.02 Å². The van der Waals surface area contributed by atoms with Gasteiger partial charge >= 0.3 is 12.1 Å². The number of carbonyl (C=O) groups excluding carboxylic acids is 1. The van der Waals surface area contributed by atoms with Crippen LogP contribution in [0.15, 0.2) is 18.2 Å². The summed E-state index contributed by atoms with van der Waals surface area (Å²) in [7, 11) is 0. The van der Waals surface area contributed by atoms with Crippen LogP contribution in [0.25, 0.3) is 0 Å². The third kappa shape index (κ3) is 4.07. The van der Waals surface area contributed by atoms with Crippen molar-refractivity contribution < 1.29 is 32.3 Å². The van der Waals surface area contributed by atoms with E-state index in [1.54, 1.807) is 0 Å². The van der Waals surface area contributed by atoms with Gasteiger partial charge in [0.2, 0.25) is 5.91 Å². The number of benzene rings is 1. The molecule has 0 aliphatic carbocycles. The predicted molar refractivity (Wildman–Crippen MR) is 65.1 cm³/mol. The Morgan fingerprint density at radius 1 is 1.33 bits per heavy atom. The van der Waals surface area contributed by atoms with Crippen molar-refractivity contribution in [2.75, 3.05) is 0 Å². The number of hydrogen-bond acceptors (Lipinski definition) is 2. The molecule has 1 aromatic carbocycles. The van der Waals surface area contributed by atoms with Gasteiger partial charge in [0.1, 0.15) is 5.82 Å². The molecule has 1 rings (SSSR count). The second-order valence-electron chi connectivity index (χ2n) is 4.28. The SMILES string of the molecule is NC(=O)CC(C(C(=O)O)c1cccc(Cl)c1F)C(F)(F)F. The van der Waals surface area contributed by atoms with E-state index in [4.69, 9.17) is 22.4 Å². The lowest BCUT2D eigenvalue weighted by atomic mass is 9.83. The molecule has 0 heterocycles. The van der Waals surface area contributed by atoms with Crippen LogP contribution in [-0.4, -0.2) is 23.2 Å². The van der Waals surface area contributed by atoms with E-state index in [0.717, 1.165) is 18.2 Å². The van der Waals surface area contributed by atoms with Gasteiger partial charge in [-0.15, -0.1) is 0 Å². The van der Waals surface area contributed by atoms with Gasteiger partial charge in [-0.25, -0.2) is 4.39 Å². The zero-order chi connectivity index (χ0) is 16.4. The number of nitrogens with two attached hydrogens (primary N) is 1. The smallest absolute Gasteiger partial charge is 0.393 e. The van der Waals surface area contributed by atoms with Gasteiger partial charge in [-0.2, -0.15) is 13.2 Å². The number of carboxylic acid groups (broad SMARTS) is 1. The average molecular weight is 328 g/mol. The molecule has 0 spiro atoms. The van der Waals surface area contributed by atoms with Crippen molar-refractivity contribution in [3.8, 4) is 0 Å². The Balaban J connectivity index is 3.41. The summed E-state index contributed by atoms with van der Waals surface area (Å²) < 4.78 is 52.8. The molecule has 1 aromatic rings. The van der Waals surface area contributed by atoms with Gasteiger partial charge in [0.15, 0.2) is 0 Å². The molecule has 1 amide bonds. The Kier molecular flexibility index (Phi) is 5.16. The van der Waals surface area contributed by atoms with E-state index < -0.39 is 52.7 Å². The Morgan fingerprint density at radius 3 is 2.33 bits per heavy atom. The first-order valence-electron chi connectivity index (χ1n) is 5.57. The molecule has 0 aliphatic heterocycles. The maximum Gasteiger partial charge on any atom is 0.393 e. The van der Waals surface area contributed by atoms with Gasteiger partial charge in [0.25, 0.3) is 0 Å². The zero-order valence-electron chi connectivity index (χ0n) is 10.3. The van der Waals surface area contributed by atoms with Crippen molar-refractivity contribution in [2.45, 2.75) is 18.5 Å². The maximum absolute atomic E-state index is 13.8. The Morgan fingerprint density at radius 2 is 1.90 bits per heavy atom. The number of aliphatic carboxylic acids is 1. The normalized spacial score (nSPS) is 14.5. The van der Waals surface area contributed by atoms with Crippen molar-refractivity contribution in [1.82, 2.24) is 0 Å². The second kappa shape index (κ2) is 6.30. The van der Waals surface area contributed by atoms with E-state index >= 15 is 0 Å². The second-order valence-corrected chi connectivity index (χ2v) is 4.68. The van der Waals surface area contributed by atoms with Crippen LogP contribution in [0.3, 0.4) is 0 Å². The first kappa shape index (κ1) is 17.2. The molecule has 0 radical (unpaired) electrons. The van der Waals surface area contributed by atoms with Crippen LogP contribution < -0.4 is 5.73 Å². The van der Waals surface area contributed by atoms with E-state index in [-0.39, 0.29) is 0 Å². The monoisotopic (exact) mass is 327 g/mol. The van der Waals surface area contributed by atoms with Crippen molar-refractivity contribution in [3.05, 3.63) is 34.6 Å². The molecule has 21 heavy (non-hydrogen) atoms. The molecule has 0 aromatic heterocycles. The van der Waals surface area contributed by atoms with E-state index in [1.165, 1.54) is 0 Å².